The Morgan fingerprint density at radius 2 is 1.52 bits per heavy atom. The monoisotopic (exact) mass is 775 g/mol. The second-order valence-corrected chi connectivity index (χ2v) is 17.1. The number of Topliss-reactive ketones (excluding diaryl/α,β-unsaturated/α-hetero) is 1. The predicted molar refractivity (Wildman–Crippen MR) is 196 cm³/mol. The molecule has 3 aliphatic rings. The minimum absolute atomic E-state index is 0.0755. The van der Waals surface area contributed by atoms with Crippen LogP contribution < -0.4 is 0 Å². The fourth-order valence-electron chi connectivity index (χ4n) is 8.71. The molecule has 0 aromatic heterocycles. The van der Waals surface area contributed by atoms with E-state index in [-0.39, 0.29) is 31.4 Å². The zero-order chi connectivity index (χ0) is 41.2. The van der Waals surface area contributed by atoms with E-state index < -0.39 is 114 Å². The number of ether oxygens (including phenoxy) is 7. The minimum Gasteiger partial charge on any atom is -0.459 e. The van der Waals surface area contributed by atoms with Gasteiger partial charge in [-0.3, -0.25) is 14.4 Å². The molecule has 15 nitrogen and oxygen atoms in total. The number of carbonyl (C=O) groups excluding carboxylic acids is 3. The van der Waals surface area contributed by atoms with E-state index in [9.17, 15) is 34.8 Å². The molecule has 0 saturated carbocycles. The first kappa shape index (κ1) is 46.6. The molecule has 3 fully saturated rings. The van der Waals surface area contributed by atoms with Gasteiger partial charge < -0.3 is 58.5 Å². The molecule has 1 unspecified atom stereocenters. The molecule has 0 aromatic carbocycles. The van der Waals surface area contributed by atoms with Crippen LogP contribution in [0.5, 0.6) is 0 Å². The third-order valence-electron chi connectivity index (χ3n) is 12.1. The van der Waals surface area contributed by atoms with Crippen LogP contribution in [0, 0.1) is 23.7 Å². The van der Waals surface area contributed by atoms with Crippen molar-refractivity contribution in [2.75, 3.05) is 21.2 Å². The number of cyclic esters (lactones) is 1. The molecule has 0 aliphatic carbocycles. The maximum atomic E-state index is 14.2. The number of rotatable bonds is 8. The Balaban J connectivity index is 2.23. The van der Waals surface area contributed by atoms with Gasteiger partial charge in [-0.05, 0) is 74.9 Å². The lowest BCUT2D eigenvalue weighted by Crippen LogP contribution is -2.61. The SMILES string of the molecule is CC[C@H]1OC(=O)[C@H](C)[C@@H](O[C@@H]2C[C@](C)(OC)[C@H](O)[C@@H](C)O2)C(C)[C@@H](O[C@H]2O[C@@H](C)C[C@@H](N(C)C)[C@@H]2OC(C)=O)[C@](C)(O)C[C@@H](C)C(=O)[C@H](C)[C@@H](O)[C@]1(C)O. The second kappa shape index (κ2) is 18.2. The normalized spacial score (nSPS) is 47.5. The number of aliphatic hydroxyl groups excluding tert-OH is 2. The minimum atomic E-state index is -2.01. The highest BCUT2D eigenvalue weighted by Crippen LogP contribution is 2.41. The van der Waals surface area contributed by atoms with Gasteiger partial charge in [0.25, 0.3) is 0 Å². The van der Waals surface area contributed by atoms with Gasteiger partial charge in [0, 0.05) is 38.2 Å². The number of nitrogens with zero attached hydrogens (tertiary/aromatic N) is 1. The number of likely N-dealkylation sites (N-methyl/N-ethyl adjacent to an activating group) is 1. The molecule has 3 heterocycles. The van der Waals surface area contributed by atoms with Gasteiger partial charge in [-0.2, -0.15) is 0 Å². The van der Waals surface area contributed by atoms with Crippen molar-refractivity contribution in [3.8, 4) is 0 Å². The quantitative estimate of drug-likeness (QED) is 0.262. The van der Waals surface area contributed by atoms with Crippen LogP contribution in [0.4, 0.5) is 0 Å². The van der Waals surface area contributed by atoms with E-state index in [0.29, 0.717) is 6.42 Å². The number of hydrogen-bond donors (Lipinski definition) is 4. The first-order chi connectivity index (χ1) is 24.8. The van der Waals surface area contributed by atoms with Crippen LogP contribution >= 0.6 is 0 Å². The molecule has 0 spiro atoms. The van der Waals surface area contributed by atoms with E-state index >= 15 is 0 Å². The standard InChI is InChI=1S/C39H69NO14/c1-15-27-39(11,47)32(43)21(4)29(42)19(2)17-37(9,46)34(54-36-31(51-25(8)41)26(40(12)13)16-20(3)49-36)22(5)30(23(6)35(45)52-27)53-28-18-38(10,48-14)33(44)24(7)50-28/h19-24,26-28,30-34,36,43-44,46-47H,15-18H2,1-14H3/t19-,20+,21+,22?,23-,24-,26-,27-,28-,30+,31+,32-,33-,34-,36-,37-,38+,39-/m1/s1. The van der Waals surface area contributed by atoms with Crippen LogP contribution in [0.2, 0.25) is 0 Å². The van der Waals surface area contributed by atoms with Crippen molar-refractivity contribution in [1.29, 1.82) is 0 Å². The lowest BCUT2D eigenvalue weighted by molar-refractivity contribution is -0.318. The van der Waals surface area contributed by atoms with E-state index in [1.165, 1.54) is 34.8 Å². The second-order valence-electron chi connectivity index (χ2n) is 17.1. The Morgan fingerprint density at radius 3 is 2.06 bits per heavy atom. The van der Waals surface area contributed by atoms with Crippen molar-refractivity contribution >= 4 is 17.7 Å². The van der Waals surface area contributed by atoms with Crippen molar-refractivity contribution in [3.05, 3.63) is 0 Å². The smallest absolute Gasteiger partial charge is 0.311 e. The fraction of sp³-hybridized carbons (Fsp3) is 0.923. The van der Waals surface area contributed by atoms with Gasteiger partial charge in [0.1, 0.15) is 23.6 Å². The molecule has 314 valence electrons. The van der Waals surface area contributed by atoms with Crippen LogP contribution in [-0.4, -0.2) is 149 Å². The summed E-state index contributed by atoms with van der Waals surface area (Å²) in [6.45, 7) is 17.6. The van der Waals surface area contributed by atoms with E-state index in [2.05, 4.69) is 0 Å². The molecule has 3 aliphatic heterocycles. The average molecular weight is 776 g/mol. The molecule has 4 N–H and O–H groups in total. The van der Waals surface area contributed by atoms with Gasteiger partial charge in [-0.1, -0.05) is 27.7 Å². The van der Waals surface area contributed by atoms with Crippen molar-refractivity contribution in [1.82, 2.24) is 4.90 Å². The van der Waals surface area contributed by atoms with Crippen molar-refractivity contribution in [2.45, 2.75) is 186 Å². The molecular formula is C39H69NO14. The Labute approximate surface area is 321 Å². The largest absolute Gasteiger partial charge is 0.459 e. The van der Waals surface area contributed by atoms with Crippen LogP contribution in [0.1, 0.15) is 102 Å². The first-order valence-corrected chi connectivity index (χ1v) is 19.4. The van der Waals surface area contributed by atoms with E-state index in [4.69, 9.17) is 33.2 Å². The molecule has 15 heteroatoms. The average Bonchev–Trinajstić information content (AvgIpc) is 3.08. The molecule has 3 saturated heterocycles. The fourth-order valence-corrected chi connectivity index (χ4v) is 8.71. The van der Waals surface area contributed by atoms with Gasteiger partial charge in [0.05, 0.1) is 53.7 Å². The highest BCUT2D eigenvalue weighted by Gasteiger charge is 2.54. The van der Waals surface area contributed by atoms with Crippen LogP contribution in [0.15, 0.2) is 0 Å². The maximum absolute atomic E-state index is 14.2. The number of esters is 2. The molecule has 0 aromatic rings. The number of carbonyl (C=O) groups is 3. The van der Waals surface area contributed by atoms with Crippen molar-refractivity contribution in [3.63, 3.8) is 0 Å². The third kappa shape index (κ3) is 10.2. The van der Waals surface area contributed by atoms with Gasteiger partial charge >= 0.3 is 11.9 Å². The lowest BCUT2D eigenvalue weighted by atomic mass is 9.74. The molecule has 0 radical (unpaired) electrons. The molecule has 3 rings (SSSR count). The highest BCUT2D eigenvalue weighted by atomic mass is 16.7. The summed E-state index contributed by atoms with van der Waals surface area (Å²) in [5.74, 6) is -5.68. The van der Waals surface area contributed by atoms with Gasteiger partial charge in [0.2, 0.25) is 0 Å². The Hall–Kier alpha value is -1.79. The van der Waals surface area contributed by atoms with Gasteiger partial charge in [0.15, 0.2) is 18.7 Å². The van der Waals surface area contributed by atoms with Gasteiger partial charge in [-0.15, -0.1) is 0 Å². The predicted octanol–water partition coefficient (Wildman–Crippen LogP) is 2.36. The summed E-state index contributed by atoms with van der Waals surface area (Å²) >= 11 is 0. The third-order valence-corrected chi connectivity index (χ3v) is 12.1. The summed E-state index contributed by atoms with van der Waals surface area (Å²) in [4.78, 5) is 42.4. The number of aliphatic hydroxyl groups is 4. The molecule has 0 amide bonds. The van der Waals surface area contributed by atoms with Crippen molar-refractivity contribution in [2.24, 2.45) is 23.7 Å². The summed E-state index contributed by atoms with van der Waals surface area (Å²) in [5.41, 5.74) is -4.92. The molecular weight excluding hydrogens is 706 g/mol. The Bertz CT molecular complexity index is 1280. The summed E-state index contributed by atoms with van der Waals surface area (Å²) in [6, 6.07) is -0.320. The number of methoxy groups -OCH3 is 1. The summed E-state index contributed by atoms with van der Waals surface area (Å²) < 4.78 is 43.3. The van der Waals surface area contributed by atoms with Crippen molar-refractivity contribution < 1.29 is 68.0 Å². The summed E-state index contributed by atoms with van der Waals surface area (Å²) in [5, 5.41) is 46.5. The topological polar surface area (TPSA) is 200 Å². The maximum Gasteiger partial charge on any atom is 0.311 e. The van der Waals surface area contributed by atoms with E-state index in [1.54, 1.807) is 41.5 Å². The number of hydrogen-bond acceptors (Lipinski definition) is 15. The van der Waals surface area contributed by atoms with E-state index in [0.717, 1.165) is 0 Å². The zero-order valence-electron chi connectivity index (χ0n) is 34.8. The van der Waals surface area contributed by atoms with Crippen LogP contribution in [-0.2, 0) is 47.5 Å². The molecule has 0 bridgehead atoms. The molecule has 54 heavy (non-hydrogen) atoms. The van der Waals surface area contributed by atoms with Gasteiger partial charge in [-0.25, -0.2) is 0 Å². The van der Waals surface area contributed by atoms with Crippen LogP contribution in [0.25, 0.3) is 0 Å². The summed E-state index contributed by atoms with van der Waals surface area (Å²) in [7, 11) is 5.19. The lowest BCUT2D eigenvalue weighted by Gasteiger charge is -2.49. The highest BCUT2D eigenvalue weighted by molar-refractivity contribution is 5.83. The van der Waals surface area contributed by atoms with E-state index in [1.807, 2.05) is 25.9 Å². The Morgan fingerprint density at radius 1 is 0.907 bits per heavy atom. The van der Waals surface area contributed by atoms with Crippen LogP contribution in [0.3, 0.4) is 0 Å². The zero-order valence-corrected chi connectivity index (χ0v) is 34.8. The first-order valence-electron chi connectivity index (χ1n) is 19.4. The summed E-state index contributed by atoms with van der Waals surface area (Å²) in [6.07, 6.45) is -9.80. The number of ketones is 1. The Kier molecular flexibility index (Phi) is 15.7. The molecule has 18 atom stereocenters.